The number of hydrogen-bond acceptors (Lipinski definition) is 4. The summed E-state index contributed by atoms with van der Waals surface area (Å²) >= 11 is 5.08. The van der Waals surface area contributed by atoms with Gasteiger partial charge in [-0.05, 0) is 49.0 Å². The van der Waals surface area contributed by atoms with E-state index >= 15 is 0 Å². The molecule has 2 aromatic rings. The largest absolute Gasteiger partial charge is 0.484 e. The van der Waals surface area contributed by atoms with Crippen LogP contribution >= 0.6 is 12.2 Å². The Bertz CT molecular complexity index is 686. The van der Waals surface area contributed by atoms with Gasteiger partial charge in [-0.3, -0.25) is 10.1 Å². The van der Waals surface area contributed by atoms with Crippen molar-refractivity contribution in [3.05, 3.63) is 59.7 Å². The van der Waals surface area contributed by atoms with Crippen LogP contribution in [0.15, 0.2) is 48.5 Å². The van der Waals surface area contributed by atoms with Gasteiger partial charge in [0.05, 0.1) is 6.61 Å². The molecule has 0 atom stereocenters. The molecule has 6 heteroatoms. The molecular weight excluding hydrogens is 312 g/mol. The highest BCUT2D eigenvalue weighted by Crippen LogP contribution is 2.11. The van der Waals surface area contributed by atoms with E-state index in [1.165, 1.54) is 0 Å². The number of anilines is 1. The lowest BCUT2D eigenvalue weighted by Crippen LogP contribution is -2.37. The highest BCUT2D eigenvalue weighted by Gasteiger charge is 2.06. The van der Waals surface area contributed by atoms with Gasteiger partial charge < -0.3 is 15.2 Å². The van der Waals surface area contributed by atoms with Gasteiger partial charge in [-0.15, -0.1) is 0 Å². The molecule has 1 amide bonds. The molecule has 5 nitrogen and oxygen atoms in total. The Morgan fingerprint density at radius 3 is 2.65 bits per heavy atom. The number of carbonyl (C=O) groups excluding carboxylic acids is 1. The summed E-state index contributed by atoms with van der Waals surface area (Å²) in [5.41, 5.74) is 2.57. The summed E-state index contributed by atoms with van der Waals surface area (Å²) in [7, 11) is 0. The van der Waals surface area contributed by atoms with E-state index in [1.807, 2.05) is 19.1 Å². The quantitative estimate of drug-likeness (QED) is 0.734. The molecule has 0 radical (unpaired) electrons. The summed E-state index contributed by atoms with van der Waals surface area (Å²) in [5.74, 6) is 0.279. The van der Waals surface area contributed by atoms with E-state index in [1.54, 1.807) is 36.4 Å². The van der Waals surface area contributed by atoms with Crippen LogP contribution < -0.4 is 15.4 Å². The van der Waals surface area contributed by atoms with Gasteiger partial charge in [0.2, 0.25) is 0 Å². The maximum atomic E-state index is 11.8. The number of aliphatic hydroxyl groups is 1. The molecule has 120 valence electrons. The number of amides is 1. The van der Waals surface area contributed by atoms with Gasteiger partial charge in [0, 0.05) is 5.69 Å². The topological polar surface area (TPSA) is 70.6 Å². The first-order valence-electron chi connectivity index (χ1n) is 7.07. The summed E-state index contributed by atoms with van der Waals surface area (Å²) in [4.78, 5) is 11.8. The van der Waals surface area contributed by atoms with Gasteiger partial charge in [-0.1, -0.05) is 29.8 Å². The fraction of sp³-hybridized carbons (Fsp3) is 0.176. The lowest BCUT2D eigenvalue weighted by molar-refractivity contribution is -0.121. The van der Waals surface area contributed by atoms with Crippen molar-refractivity contribution in [3.63, 3.8) is 0 Å². The standard InChI is InChI=1S/C17H18N2O3S/c1-12-5-7-15(8-6-12)22-11-16(21)19-17(23)18-14-4-2-3-13(9-14)10-20/h2-9,20H,10-11H2,1H3,(H2,18,19,21,23). The Balaban J connectivity index is 1.80. The predicted octanol–water partition coefficient (Wildman–Crippen LogP) is 2.38. The van der Waals surface area contributed by atoms with Crippen LogP contribution in [-0.4, -0.2) is 22.7 Å². The normalized spacial score (nSPS) is 10.0. The summed E-state index contributed by atoms with van der Waals surface area (Å²) < 4.78 is 5.38. The van der Waals surface area contributed by atoms with Crippen molar-refractivity contribution in [2.75, 3.05) is 11.9 Å². The van der Waals surface area contributed by atoms with Gasteiger partial charge in [0.25, 0.3) is 5.91 Å². The maximum Gasteiger partial charge on any atom is 0.264 e. The molecule has 0 saturated carbocycles. The van der Waals surface area contributed by atoms with Gasteiger partial charge in [-0.2, -0.15) is 0 Å². The fourth-order valence-corrected chi connectivity index (χ4v) is 2.09. The molecule has 0 bridgehead atoms. The molecule has 23 heavy (non-hydrogen) atoms. The first kappa shape index (κ1) is 16.9. The summed E-state index contributed by atoms with van der Waals surface area (Å²) in [6.45, 7) is 1.80. The Kier molecular flexibility index (Phi) is 6.08. The van der Waals surface area contributed by atoms with Crippen molar-refractivity contribution in [2.45, 2.75) is 13.5 Å². The second-order valence-electron chi connectivity index (χ2n) is 4.96. The third-order valence-corrected chi connectivity index (χ3v) is 3.22. The Morgan fingerprint density at radius 2 is 1.96 bits per heavy atom. The Labute approximate surface area is 140 Å². The average molecular weight is 330 g/mol. The molecule has 0 heterocycles. The van der Waals surface area contributed by atoms with E-state index in [2.05, 4.69) is 10.6 Å². The minimum atomic E-state index is -0.346. The number of hydrogen-bond donors (Lipinski definition) is 3. The number of nitrogens with one attached hydrogen (secondary N) is 2. The van der Waals surface area contributed by atoms with E-state index in [9.17, 15) is 4.79 Å². The second kappa shape index (κ2) is 8.26. The van der Waals surface area contributed by atoms with Crippen molar-refractivity contribution >= 4 is 28.9 Å². The number of ether oxygens (including phenoxy) is 1. The zero-order valence-corrected chi connectivity index (χ0v) is 13.5. The van der Waals surface area contributed by atoms with Crippen LogP contribution in [0.25, 0.3) is 0 Å². The van der Waals surface area contributed by atoms with Crippen LogP contribution in [0.1, 0.15) is 11.1 Å². The SMILES string of the molecule is Cc1ccc(OCC(=O)NC(=S)Nc2cccc(CO)c2)cc1. The zero-order valence-electron chi connectivity index (χ0n) is 12.7. The van der Waals surface area contributed by atoms with Gasteiger partial charge in [0.1, 0.15) is 5.75 Å². The monoisotopic (exact) mass is 330 g/mol. The van der Waals surface area contributed by atoms with Crippen molar-refractivity contribution < 1.29 is 14.6 Å². The second-order valence-corrected chi connectivity index (χ2v) is 5.37. The van der Waals surface area contributed by atoms with Gasteiger partial charge in [0.15, 0.2) is 11.7 Å². The number of aliphatic hydroxyl groups excluding tert-OH is 1. The van der Waals surface area contributed by atoms with Gasteiger partial charge >= 0.3 is 0 Å². The number of thiocarbonyl (C=S) groups is 1. The van der Waals surface area contributed by atoms with E-state index < -0.39 is 0 Å². The zero-order chi connectivity index (χ0) is 16.7. The summed E-state index contributed by atoms with van der Waals surface area (Å²) in [6.07, 6.45) is 0. The first-order valence-corrected chi connectivity index (χ1v) is 7.48. The Hall–Kier alpha value is -2.44. The average Bonchev–Trinajstić information content (AvgIpc) is 2.54. The Morgan fingerprint density at radius 1 is 1.22 bits per heavy atom. The van der Waals surface area contributed by atoms with E-state index in [0.29, 0.717) is 11.4 Å². The molecule has 2 aromatic carbocycles. The molecule has 0 spiro atoms. The molecule has 2 rings (SSSR count). The van der Waals surface area contributed by atoms with Crippen LogP contribution in [0.4, 0.5) is 5.69 Å². The molecule has 0 aliphatic rings. The summed E-state index contributed by atoms with van der Waals surface area (Å²) in [6, 6.07) is 14.6. The van der Waals surface area contributed by atoms with Crippen LogP contribution in [0.3, 0.4) is 0 Å². The molecule has 0 aliphatic heterocycles. The number of carbonyl (C=O) groups is 1. The van der Waals surface area contributed by atoms with Crippen LogP contribution in [0, 0.1) is 6.92 Å². The van der Waals surface area contributed by atoms with E-state index in [-0.39, 0.29) is 24.2 Å². The van der Waals surface area contributed by atoms with E-state index in [4.69, 9.17) is 22.1 Å². The minimum Gasteiger partial charge on any atom is -0.484 e. The number of rotatable bonds is 5. The maximum absolute atomic E-state index is 11.8. The highest BCUT2D eigenvalue weighted by atomic mass is 32.1. The third kappa shape index (κ3) is 5.69. The smallest absolute Gasteiger partial charge is 0.264 e. The number of benzene rings is 2. The molecule has 0 fully saturated rings. The molecule has 0 saturated heterocycles. The first-order chi connectivity index (χ1) is 11.1. The van der Waals surface area contributed by atoms with Crippen molar-refractivity contribution in [1.29, 1.82) is 0 Å². The van der Waals surface area contributed by atoms with Crippen molar-refractivity contribution in [2.24, 2.45) is 0 Å². The third-order valence-electron chi connectivity index (χ3n) is 3.01. The van der Waals surface area contributed by atoms with Gasteiger partial charge in [-0.25, -0.2) is 0 Å². The molecule has 0 aromatic heterocycles. The molecule has 3 N–H and O–H groups in total. The van der Waals surface area contributed by atoms with Crippen LogP contribution in [0.5, 0.6) is 5.75 Å². The predicted molar refractivity (Wildman–Crippen MR) is 93.4 cm³/mol. The van der Waals surface area contributed by atoms with Crippen molar-refractivity contribution in [3.8, 4) is 5.75 Å². The van der Waals surface area contributed by atoms with Crippen LogP contribution in [-0.2, 0) is 11.4 Å². The van der Waals surface area contributed by atoms with Crippen LogP contribution in [0.2, 0.25) is 0 Å². The number of aryl methyl sites for hydroxylation is 1. The molecule has 0 aliphatic carbocycles. The molecular formula is C17H18N2O3S. The lowest BCUT2D eigenvalue weighted by atomic mass is 10.2. The minimum absolute atomic E-state index is 0.0565. The highest BCUT2D eigenvalue weighted by molar-refractivity contribution is 7.80. The fourth-order valence-electron chi connectivity index (χ4n) is 1.86. The molecule has 0 unspecified atom stereocenters. The van der Waals surface area contributed by atoms with Crippen molar-refractivity contribution in [1.82, 2.24) is 5.32 Å². The summed E-state index contributed by atoms with van der Waals surface area (Å²) in [5, 5.41) is 14.7. The lowest BCUT2D eigenvalue weighted by Gasteiger charge is -2.11. The van der Waals surface area contributed by atoms with E-state index in [0.717, 1.165) is 11.1 Å².